The van der Waals surface area contributed by atoms with Gasteiger partial charge in [-0.25, -0.2) is 4.58 Å². The molecular formula is C27H39N2O2+. The Kier molecular flexibility index (Phi) is 6.19. The van der Waals surface area contributed by atoms with Gasteiger partial charge < -0.3 is 9.64 Å². The molecule has 31 heavy (non-hydrogen) atoms. The molecule has 3 saturated heterocycles. The highest BCUT2D eigenvalue weighted by Gasteiger charge is 2.47. The van der Waals surface area contributed by atoms with Crippen LogP contribution in [-0.2, 0) is 9.53 Å². The molecular weight excluding hydrogens is 384 g/mol. The highest BCUT2D eigenvalue weighted by molar-refractivity contribution is 6.00. The number of hydrogen-bond donors (Lipinski definition) is 0. The van der Waals surface area contributed by atoms with Crippen LogP contribution in [-0.4, -0.2) is 49.0 Å². The zero-order valence-electron chi connectivity index (χ0n) is 19.2. The van der Waals surface area contributed by atoms with Crippen LogP contribution in [0.1, 0.15) is 82.6 Å². The Morgan fingerprint density at radius 3 is 2.45 bits per heavy atom. The molecule has 1 saturated carbocycles. The smallest absolute Gasteiger partial charge is 0.233 e. The normalized spacial score (nSPS) is 32.7. The molecule has 1 amide bonds. The summed E-state index contributed by atoms with van der Waals surface area (Å²) >= 11 is 0. The lowest BCUT2D eigenvalue weighted by Gasteiger charge is -2.31. The Morgan fingerprint density at radius 1 is 1.00 bits per heavy atom. The fourth-order valence-electron chi connectivity index (χ4n) is 6.43. The first-order valence-corrected chi connectivity index (χ1v) is 12.8. The molecule has 4 heteroatoms. The predicted molar refractivity (Wildman–Crippen MR) is 125 cm³/mol. The van der Waals surface area contributed by atoms with Gasteiger partial charge in [0.2, 0.25) is 5.91 Å². The van der Waals surface area contributed by atoms with E-state index in [2.05, 4.69) is 42.0 Å². The molecule has 3 aliphatic heterocycles. The topological polar surface area (TPSA) is 32.5 Å². The molecule has 0 radical (unpaired) electrons. The molecule has 1 aliphatic carbocycles. The van der Waals surface area contributed by atoms with E-state index in [0.29, 0.717) is 11.8 Å². The fourth-order valence-corrected chi connectivity index (χ4v) is 6.43. The standard InChI is InChI=1S/C27H39N2O2/c1-21-4-2-3-16-28(21)20-22-5-7-23(8-6-22)24-9-11-25(12-10-24)29-17-13-27(26(29)30)14-18-31-19-15-27/h9-12,20-23H,2-8,13-19H2,1H3/q+1. The van der Waals surface area contributed by atoms with Crippen molar-refractivity contribution in [3.05, 3.63) is 29.8 Å². The number of anilines is 1. The maximum atomic E-state index is 13.2. The van der Waals surface area contributed by atoms with Crippen LogP contribution < -0.4 is 4.90 Å². The number of amides is 1. The fraction of sp³-hybridized carbons (Fsp3) is 0.704. The minimum absolute atomic E-state index is 0.155. The maximum Gasteiger partial charge on any atom is 0.233 e. The van der Waals surface area contributed by atoms with Gasteiger partial charge in [0.25, 0.3) is 0 Å². The lowest BCUT2D eigenvalue weighted by atomic mass is 9.78. The summed E-state index contributed by atoms with van der Waals surface area (Å²) in [6.45, 7) is 5.96. The van der Waals surface area contributed by atoms with Gasteiger partial charge in [0, 0.05) is 44.2 Å². The minimum atomic E-state index is -0.155. The molecule has 1 aromatic carbocycles. The van der Waals surface area contributed by atoms with E-state index >= 15 is 0 Å². The van der Waals surface area contributed by atoms with Crippen LogP contribution in [0.5, 0.6) is 0 Å². The second kappa shape index (κ2) is 9.05. The quantitative estimate of drug-likeness (QED) is 0.630. The number of piperidine rings is 1. The molecule has 1 atom stereocenters. The van der Waals surface area contributed by atoms with Crippen LogP contribution in [0.4, 0.5) is 5.69 Å². The predicted octanol–water partition coefficient (Wildman–Crippen LogP) is 5.15. The molecule has 4 fully saturated rings. The summed E-state index contributed by atoms with van der Waals surface area (Å²) in [6, 6.07) is 9.70. The van der Waals surface area contributed by atoms with Crippen LogP contribution in [0.25, 0.3) is 0 Å². The zero-order chi connectivity index (χ0) is 21.3. The Bertz CT molecular complexity index is 801. The Morgan fingerprint density at radius 2 is 1.74 bits per heavy atom. The van der Waals surface area contributed by atoms with E-state index in [1.165, 1.54) is 57.1 Å². The van der Waals surface area contributed by atoms with Gasteiger partial charge in [-0.2, -0.15) is 0 Å². The Balaban J connectivity index is 1.19. The second-order valence-electron chi connectivity index (χ2n) is 10.5. The molecule has 0 bridgehead atoms. The monoisotopic (exact) mass is 423 g/mol. The zero-order valence-corrected chi connectivity index (χ0v) is 19.2. The molecule has 5 rings (SSSR count). The third-order valence-electron chi connectivity index (χ3n) is 8.67. The van der Waals surface area contributed by atoms with Gasteiger partial charge in [0.05, 0.1) is 5.41 Å². The first-order valence-electron chi connectivity index (χ1n) is 12.8. The molecule has 1 unspecified atom stereocenters. The average Bonchev–Trinajstić information content (AvgIpc) is 3.12. The van der Waals surface area contributed by atoms with E-state index in [9.17, 15) is 4.79 Å². The summed E-state index contributed by atoms with van der Waals surface area (Å²) in [6.07, 6.45) is 14.6. The molecule has 0 N–H and O–H groups in total. The SMILES string of the molecule is CC1CCCC[N+]1=CC1CCC(c2ccc(N3CCC4(CCOCC4)C3=O)cc2)CC1. The van der Waals surface area contributed by atoms with Crippen LogP contribution >= 0.6 is 0 Å². The molecule has 1 aromatic rings. The molecule has 4 nitrogen and oxygen atoms in total. The molecule has 3 heterocycles. The lowest BCUT2D eigenvalue weighted by Crippen LogP contribution is -2.38. The molecule has 168 valence electrons. The van der Waals surface area contributed by atoms with Crippen molar-refractivity contribution in [1.29, 1.82) is 0 Å². The molecule has 4 aliphatic rings. The Labute approximate surface area is 187 Å². The van der Waals surface area contributed by atoms with Gasteiger partial charge in [0.1, 0.15) is 18.8 Å². The minimum Gasteiger partial charge on any atom is -0.381 e. The second-order valence-corrected chi connectivity index (χ2v) is 10.5. The summed E-state index contributed by atoms with van der Waals surface area (Å²) in [5, 5.41) is 0. The number of carbonyl (C=O) groups is 1. The highest BCUT2D eigenvalue weighted by Crippen LogP contribution is 2.43. The van der Waals surface area contributed by atoms with Crippen LogP contribution in [0.2, 0.25) is 0 Å². The lowest BCUT2D eigenvalue weighted by molar-refractivity contribution is -0.570. The van der Waals surface area contributed by atoms with E-state index in [4.69, 9.17) is 4.74 Å². The van der Waals surface area contributed by atoms with Crippen molar-refractivity contribution < 1.29 is 14.1 Å². The van der Waals surface area contributed by atoms with Gasteiger partial charge in [-0.05, 0) is 81.9 Å². The Hall–Kier alpha value is -1.68. The number of benzene rings is 1. The van der Waals surface area contributed by atoms with Crippen molar-refractivity contribution in [2.45, 2.75) is 83.1 Å². The van der Waals surface area contributed by atoms with Crippen LogP contribution in [0.15, 0.2) is 24.3 Å². The first kappa shape index (κ1) is 21.2. The summed E-state index contributed by atoms with van der Waals surface area (Å²) in [5.41, 5.74) is 2.39. The summed E-state index contributed by atoms with van der Waals surface area (Å²) in [5.74, 6) is 1.76. The van der Waals surface area contributed by atoms with E-state index in [1.807, 2.05) is 4.90 Å². The van der Waals surface area contributed by atoms with Crippen molar-refractivity contribution in [2.24, 2.45) is 11.3 Å². The summed E-state index contributed by atoms with van der Waals surface area (Å²) < 4.78 is 8.13. The average molecular weight is 424 g/mol. The number of nitrogens with zero attached hydrogens (tertiary/aromatic N) is 2. The van der Waals surface area contributed by atoms with Gasteiger partial charge >= 0.3 is 0 Å². The number of carbonyl (C=O) groups excluding carboxylic acids is 1. The summed E-state index contributed by atoms with van der Waals surface area (Å²) in [7, 11) is 0. The van der Waals surface area contributed by atoms with Crippen molar-refractivity contribution in [3.8, 4) is 0 Å². The van der Waals surface area contributed by atoms with E-state index in [0.717, 1.165) is 56.7 Å². The van der Waals surface area contributed by atoms with Crippen molar-refractivity contribution >= 4 is 17.8 Å². The van der Waals surface area contributed by atoms with Gasteiger partial charge in [-0.15, -0.1) is 0 Å². The third-order valence-corrected chi connectivity index (χ3v) is 8.67. The molecule has 0 aromatic heterocycles. The number of hydrogen-bond acceptors (Lipinski definition) is 2. The maximum absolute atomic E-state index is 13.2. The first-order chi connectivity index (χ1) is 15.1. The van der Waals surface area contributed by atoms with Crippen LogP contribution in [0, 0.1) is 11.3 Å². The van der Waals surface area contributed by atoms with E-state index in [-0.39, 0.29) is 5.41 Å². The van der Waals surface area contributed by atoms with Crippen molar-refractivity contribution in [1.82, 2.24) is 0 Å². The van der Waals surface area contributed by atoms with Crippen LogP contribution in [0.3, 0.4) is 0 Å². The van der Waals surface area contributed by atoms with Gasteiger partial charge in [0.15, 0.2) is 0 Å². The van der Waals surface area contributed by atoms with Crippen molar-refractivity contribution in [3.63, 3.8) is 0 Å². The number of ether oxygens (including phenoxy) is 1. The van der Waals surface area contributed by atoms with E-state index in [1.54, 1.807) is 0 Å². The third kappa shape index (κ3) is 4.33. The van der Waals surface area contributed by atoms with Gasteiger partial charge in [-0.3, -0.25) is 4.79 Å². The van der Waals surface area contributed by atoms with Gasteiger partial charge in [-0.1, -0.05) is 12.1 Å². The largest absolute Gasteiger partial charge is 0.381 e. The summed E-state index contributed by atoms with van der Waals surface area (Å²) in [4.78, 5) is 15.2. The highest BCUT2D eigenvalue weighted by atomic mass is 16.5. The number of rotatable bonds is 3. The van der Waals surface area contributed by atoms with E-state index < -0.39 is 0 Å². The van der Waals surface area contributed by atoms with Crippen molar-refractivity contribution in [2.75, 3.05) is 31.2 Å². The molecule has 1 spiro atoms.